The maximum absolute atomic E-state index is 12.0. The Labute approximate surface area is 154 Å². The molecule has 130 valence electrons. The van der Waals surface area contributed by atoms with Crippen LogP contribution in [0.4, 0.5) is 5.13 Å². The van der Waals surface area contributed by atoms with Gasteiger partial charge in [0.25, 0.3) is 5.91 Å². The van der Waals surface area contributed by atoms with Gasteiger partial charge >= 0.3 is 0 Å². The number of hydrogen-bond acceptors (Lipinski definition) is 6. The third kappa shape index (κ3) is 4.37. The number of thiazole rings is 1. The Balaban J connectivity index is 1.56. The van der Waals surface area contributed by atoms with E-state index in [2.05, 4.69) is 10.3 Å². The van der Waals surface area contributed by atoms with E-state index in [0.717, 1.165) is 17.0 Å². The van der Waals surface area contributed by atoms with Crippen molar-refractivity contribution in [3.63, 3.8) is 0 Å². The molecule has 3 aromatic rings. The number of anilines is 1. The lowest BCUT2D eigenvalue weighted by atomic mass is 10.2. The maximum atomic E-state index is 12.0. The highest BCUT2D eigenvalue weighted by atomic mass is 32.1. The lowest BCUT2D eigenvalue weighted by Crippen LogP contribution is -2.20. The summed E-state index contributed by atoms with van der Waals surface area (Å²) in [5.41, 5.74) is 2.26. The van der Waals surface area contributed by atoms with E-state index in [0.29, 0.717) is 16.4 Å². The van der Waals surface area contributed by atoms with Crippen molar-refractivity contribution in [3.05, 3.63) is 59.5 Å². The van der Waals surface area contributed by atoms with E-state index in [1.807, 2.05) is 35.7 Å². The molecule has 0 radical (unpaired) electrons. The number of nitrogens with zero attached hydrogens (tertiary/aromatic N) is 2. The van der Waals surface area contributed by atoms with Crippen LogP contribution in [0.25, 0.3) is 11.3 Å². The van der Waals surface area contributed by atoms with Crippen molar-refractivity contribution in [2.75, 3.05) is 19.0 Å². The highest BCUT2D eigenvalue weighted by Crippen LogP contribution is 2.26. The van der Waals surface area contributed by atoms with E-state index in [1.165, 1.54) is 11.3 Å². The summed E-state index contributed by atoms with van der Waals surface area (Å²) in [4.78, 5) is 16.4. The molecule has 1 aromatic heterocycles. The summed E-state index contributed by atoms with van der Waals surface area (Å²) < 4.78 is 10.5. The van der Waals surface area contributed by atoms with Crippen molar-refractivity contribution in [1.29, 1.82) is 5.26 Å². The molecule has 1 N–H and O–H groups in total. The number of ether oxygens (including phenoxy) is 2. The standard InChI is InChI=1S/C19H15N3O3S/c1-24-15-8-4-14(5-9-15)17-12-26-19(21-17)22-18(23)11-25-16-6-2-13(10-20)3-7-16/h2-9,12H,11H2,1H3,(H,21,22,23). The van der Waals surface area contributed by atoms with Gasteiger partial charge in [0.15, 0.2) is 11.7 Å². The Morgan fingerprint density at radius 2 is 1.85 bits per heavy atom. The normalized spacial score (nSPS) is 10.0. The van der Waals surface area contributed by atoms with Gasteiger partial charge in [0, 0.05) is 10.9 Å². The van der Waals surface area contributed by atoms with Gasteiger partial charge in [-0.15, -0.1) is 11.3 Å². The minimum absolute atomic E-state index is 0.136. The van der Waals surface area contributed by atoms with Crippen molar-refractivity contribution in [2.24, 2.45) is 0 Å². The van der Waals surface area contributed by atoms with Gasteiger partial charge in [-0.05, 0) is 48.5 Å². The highest BCUT2D eigenvalue weighted by Gasteiger charge is 2.09. The number of hydrogen-bond donors (Lipinski definition) is 1. The molecular formula is C19H15N3O3S. The molecule has 0 saturated heterocycles. The minimum Gasteiger partial charge on any atom is -0.497 e. The first-order valence-corrected chi connectivity index (χ1v) is 8.58. The Bertz CT molecular complexity index is 928. The fourth-order valence-corrected chi connectivity index (χ4v) is 2.89. The molecule has 0 fully saturated rings. The van der Waals surface area contributed by atoms with Gasteiger partial charge < -0.3 is 9.47 Å². The first-order valence-electron chi connectivity index (χ1n) is 7.70. The average molecular weight is 365 g/mol. The van der Waals surface area contributed by atoms with Crippen molar-refractivity contribution >= 4 is 22.4 Å². The summed E-state index contributed by atoms with van der Waals surface area (Å²) in [7, 11) is 1.62. The highest BCUT2D eigenvalue weighted by molar-refractivity contribution is 7.14. The predicted octanol–water partition coefficient (Wildman–Crippen LogP) is 3.71. The topological polar surface area (TPSA) is 84.2 Å². The van der Waals surface area contributed by atoms with Gasteiger partial charge in [0.2, 0.25) is 0 Å². The third-order valence-electron chi connectivity index (χ3n) is 3.49. The molecule has 0 atom stereocenters. The molecule has 0 aliphatic rings. The fraction of sp³-hybridized carbons (Fsp3) is 0.105. The zero-order valence-electron chi connectivity index (χ0n) is 13.9. The van der Waals surface area contributed by atoms with Crippen LogP contribution in [-0.2, 0) is 4.79 Å². The zero-order chi connectivity index (χ0) is 18.4. The Hall–Kier alpha value is -3.37. The quantitative estimate of drug-likeness (QED) is 0.720. The lowest BCUT2D eigenvalue weighted by Gasteiger charge is -2.05. The number of methoxy groups -OCH3 is 1. The molecule has 0 aliphatic carbocycles. The molecule has 7 heteroatoms. The fourth-order valence-electron chi connectivity index (χ4n) is 2.16. The number of amides is 1. The van der Waals surface area contributed by atoms with E-state index in [1.54, 1.807) is 31.4 Å². The summed E-state index contributed by atoms with van der Waals surface area (Å²) >= 11 is 1.34. The molecule has 0 spiro atoms. The molecule has 0 saturated carbocycles. The van der Waals surface area contributed by atoms with E-state index in [4.69, 9.17) is 14.7 Å². The molecular weight excluding hydrogens is 350 g/mol. The summed E-state index contributed by atoms with van der Waals surface area (Å²) in [6.07, 6.45) is 0. The van der Waals surface area contributed by atoms with Crippen LogP contribution in [0, 0.1) is 11.3 Å². The van der Waals surface area contributed by atoms with Crippen LogP contribution in [0.3, 0.4) is 0 Å². The smallest absolute Gasteiger partial charge is 0.264 e. The van der Waals surface area contributed by atoms with Crippen LogP contribution in [-0.4, -0.2) is 24.6 Å². The number of carbonyl (C=O) groups is 1. The third-order valence-corrected chi connectivity index (χ3v) is 4.25. The Kier molecular flexibility index (Phi) is 5.46. The molecule has 26 heavy (non-hydrogen) atoms. The summed E-state index contributed by atoms with van der Waals surface area (Å²) in [6.45, 7) is -0.136. The van der Waals surface area contributed by atoms with Crippen molar-refractivity contribution in [1.82, 2.24) is 4.98 Å². The first-order chi connectivity index (χ1) is 12.7. The summed E-state index contributed by atoms with van der Waals surface area (Å²) in [5.74, 6) is 1.000. The van der Waals surface area contributed by atoms with E-state index in [-0.39, 0.29) is 12.5 Å². The number of nitrogens with one attached hydrogen (secondary N) is 1. The van der Waals surface area contributed by atoms with Crippen LogP contribution in [0.15, 0.2) is 53.9 Å². The van der Waals surface area contributed by atoms with Crippen LogP contribution >= 0.6 is 11.3 Å². The molecule has 0 bridgehead atoms. The number of aromatic nitrogens is 1. The number of rotatable bonds is 6. The second-order valence-corrected chi connectivity index (χ2v) is 6.10. The molecule has 6 nitrogen and oxygen atoms in total. The second-order valence-electron chi connectivity index (χ2n) is 5.24. The van der Waals surface area contributed by atoms with Gasteiger partial charge in [-0.1, -0.05) is 0 Å². The zero-order valence-corrected chi connectivity index (χ0v) is 14.7. The molecule has 0 aliphatic heterocycles. The Morgan fingerprint density at radius 3 is 2.50 bits per heavy atom. The van der Waals surface area contributed by atoms with Gasteiger partial charge in [0.1, 0.15) is 11.5 Å². The summed E-state index contributed by atoms with van der Waals surface area (Å²) in [6, 6.07) is 16.1. The largest absolute Gasteiger partial charge is 0.497 e. The lowest BCUT2D eigenvalue weighted by molar-refractivity contribution is -0.118. The van der Waals surface area contributed by atoms with Crippen molar-refractivity contribution in [3.8, 4) is 28.8 Å². The van der Waals surface area contributed by atoms with E-state index in [9.17, 15) is 4.79 Å². The van der Waals surface area contributed by atoms with Crippen LogP contribution < -0.4 is 14.8 Å². The van der Waals surface area contributed by atoms with E-state index < -0.39 is 0 Å². The van der Waals surface area contributed by atoms with Crippen LogP contribution in [0.1, 0.15) is 5.56 Å². The molecule has 1 amide bonds. The van der Waals surface area contributed by atoms with Gasteiger partial charge in [0.05, 0.1) is 24.4 Å². The number of carbonyl (C=O) groups excluding carboxylic acids is 1. The molecule has 1 heterocycles. The van der Waals surface area contributed by atoms with Crippen molar-refractivity contribution < 1.29 is 14.3 Å². The summed E-state index contributed by atoms with van der Waals surface area (Å²) in [5, 5.41) is 13.8. The average Bonchev–Trinajstić information content (AvgIpc) is 3.15. The van der Waals surface area contributed by atoms with Crippen LogP contribution in [0.2, 0.25) is 0 Å². The Morgan fingerprint density at radius 1 is 1.15 bits per heavy atom. The van der Waals surface area contributed by atoms with Crippen LogP contribution in [0.5, 0.6) is 11.5 Å². The first kappa shape index (κ1) is 17.5. The monoisotopic (exact) mass is 365 g/mol. The predicted molar refractivity (Wildman–Crippen MR) is 99.4 cm³/mol. The minimum atomic E-state index is -0.301. The molecule has 0 unspecified atom stereocenters. The second kappa shape index (κ2) is 8.14. The van der Waals surface area contributed by atoms with Gasteiger partial charge in [-0.3, -0.25) is 10.1 Å². The van der Waals surface area contributed by atoms with Crippen molar-refractivity contribution in [2.45, 2.75) is 0 Å². The molecule has 3 rings (SSSR count). The maximum Gasteiger partial charge on any atom is 0.264 e. The number of nitriles is 1. The molecule has 2 aromatic carbocycles. The SMILES string of the molecule is COc1ccc(-c2csc(NC(=O)COc3ccc(C#N)cc3)n2)cc1. The number of benzene rings is 2. The van der Waals surface area contributed by atoms with Gasteiger partial charge in [-0.2, -0.15) is 5.26 Å². The van der Waals surface area contributed by atoms with Gasteiger partial charge in [-0.25, -0.2) is 4.98 Å². The van der Waals surface area contributed by atoms with E-state index >= 15 is 0 Å².